The average molecular weight is 617 g/mol. The Kier molecular flexibility index (Phi) is 8.27. The zero-order chi connectivity index (χ0) is 31.0. The van der Waals surface area contributed by atoms with Gasteiger partial charge >= 0.3 is 5.91 Å². The minimum atomic E-state index is -1.03. The van der Waals surface area contributed by atoms with Crippen molar-refractivity contribution in [2.24, 2.45) is 0 Å². The number of aromatic nitrogens is 1. The molecule has 44 heavy (non-hydrogen) atoms. The fraction of sp³-hybridized carbons (Fsp3) is 0.324. The van der Waals surface area contributed by atoms with Crippen molar-refractivity contribution in [3.05, 3.63) is 82.7 Å². The van der Waals surface area contributed by atoms with Crippen molar-refractivity contribution in [2.45, 2.75) is 58.6 Å². The highest BCUT2D eigenvalue weighted by Gasteiger charge is 2.48. The van der Waals surface area contributed by atoms with Crippen LogP contribution in [0.25, 0.3) is 16.0 Å². The highest BCUT2D eigenvalue weighted by molar-refractivity contribution is 7.22. The minimum absolute atomic E-state index is 0.00320. The number of rotatable bonds is 10. The molecule has 10 heteroatoms. The van der Waals surface area contributed by atoms with E-state index in [1.807, 2.05) is 13.8 Å². The van der Waals surface area contributed by atoms with Crippen molar-refractivity contribution in [3.63, 3.8) is 0 Å². The average Bonchev–Trinajstić information content (AvgIpc) is 3.67. The molecule has 1 amide bonds. The molecule has 2 atom stereocenters. The van der Waals surface area contributed by atoms with Crippen molar-refractivity contribution in [3.8, 4) is 17.2 Å². The summed E-state index contributed by atoms with van der Waals surface area (Å²) in [5, 5.41) is 11.9. The van der Waals surface area contributed by atoms with Crippen molar-refractivity contribution >= 4 is 44.1 Å². The second kappa shape index (κ2) is 12.3. The first-order valence-corrected chi connectivity index (χ1v) is 15.7. The highest BCUT2D eigenvalue weighted by atomic mass is 32.1. The van der Waals surface area contributed by atoms with Gasteiger partial charge in [-0.3, -0.25) is 14.5 Å². The van der Waals surface area contributed by atoms with E-state index in [2.05, 4.69) is 11.9 Å². The Balaban J connectivity index is 1.49. The SMILES string of the molecule is CCCCCOc1ccc([C@H]2/C(=C(\O)c3ccc4c(c3)C[C@H](C)O4)C(=O)C(=O)N2c2nc3ccc(F)cc3s2)cc1OCC. The number of thiazole rings is 1. The first-order valence-electron chi connectivity index (χ1n) is 14.9. The highest BCUT2D eigenvalue weighted by Crippen LogP contribution is 2.46. The van der Waals surface area contributed by atoms with E-state index in [-0.39, 0.29) is 22.6 Å². The number of unbranched alkanes of at least 4 members (excludes halogenated alkanes) is 2. The predicted octanol–water partition coefficient (Wildman–Crippen LogP) is 7.35. The molecule has 0 radical (unpaired) electrons. The quantitative estimate of drug-likeness (QED) is 0.0861. The van der Waals surface area contributed by atoms with E-state index >= 15 is 0 Å². The van der Waals surface area contributed by atoms with E-state index in [9.17, 15) is 19.1 Å². The second-order valence-corrected chi connectivity index (χ2v) is 11.9. The van der Waals surface area contributed by atoms with E-state index in [1.54, 1.807) is 36.4 Å². The van der Waals surface area contributed by atoms with Crippen LogP contribution >= 0.6 is 11.3 Å². The summed E-state index contributed by atoms with van der Waals surface area (Å²) in [6.45, 7) is 6.83. The van der Waals surface area contributed by atoms with Crippen molar-refractivity contribution in [1.82, 2.24) is 4.98 Å². The lowest BCUT2D eigenvalue weighted by Gasteiger charge is -2.24. The van der Waals surface area contributed by atoms with E-state index in [0.717, 1.165) is 41.9 Å². The maximum Gasteiger partial charge on any atom is 0.301 e. The van der Waals surface area contributed by atoms with Crippen LogP contribution in [0.2, 0.25) is 0 Å². The molecule has 2 aliphatic heterocycles. The van der Waals surface area contributed by atoms with Gasteiger partial charge in [-0.1, -0.05) is 37.2 Å². The number of ketones is 1. The number of amides is 1. The number of anilines is 1. The molecule has 1 aromatic heterocycles. The molecule has 8 nitrogen and oxygen atoms in total. The molecule has 2 aliphatic rings. The fourth-order valence-corrected chi connectivity index (χ4v) is 6.69. The molecule has 1 saturated heterocycles. The lowest BCUT2D eigenvalue weighted by atomic mass is 9.94. The van der Waals surface area contributed by atoms with E-state index in [4.69, 9.17) is 14.2 Å². The van der Waals surface area contributed by atoms with E-state index in [0.29, 0.717) is 52.5 Å². The monoisotopic (exact) mass is 616 g/mol. The number of nitrogens with zero attached hydrogens (tertiary/aromatic N) is 2. The normalized spacial score (nSPS) is 19.0. The number of aliphatic hydroxyl groups is 1. The van der Waals surface area contributed by atoms with Gasteiger partial charge in [0.25, 0.3) is 5.78 Å². The predicted molar refractivity (Wildman–Crippen MR) is 167 cm³/mol. The number of fused-ring (bicyclic) bond motifs is 2. The van der Waals surface area contributed by atoms with Gasteiger partial charge in [0, 0.05) is 12.0 Å². The molecule has 0 bridgehead atoms. The summed E-state index contributed by atoms with van der Waals surface area (Å²) < 4.78 is 32.3. The molecule has 6 rings (SSSR count). The molecule has 228 valence electrons. The Morgan fingerprint density at radius 2 is 1.91 bits per heavy atom. The van der Waals surface area contributed by atoms with Gasteiger partial charge in [0.1, 0.15) is 23.4 Å². The summed E-state index contributed by atoms with van der Waals surface area (Å²) in [7, 11) is 0. The van der Waals surface area contributed by atoms with Crippen molar-refractivity contribution in [2.75, 3.05) is 18.1 Å². The Labute approximate surface area is 258 Å². The van der Waals surface area contributed by atoms with Crippen LogP contribution < -0.4 is 19.1 Å². The summed E-state index contributed by atoms with van der Waals surface area (Å²) in [5.74, 6) is -0.689. The van der Waals surface area contributed by atoms with Crippen LogP contribution in [0.15, 0.2) is 60.2 Å². The van der Waals surface area contributed by atoms with Gasteiger partial charge in [-0.25, -0.2) is 9.37 Å². The summed E-state index contributed by atoms with van der Waals surface area (Å²) >= 11 is 1.10. The van der Waals surface area contributed by atoms with Gasteiger partial charge in [0.15, 0.2) is 16.6 Å². The molecular formula is C34H33FN2O6S. The standard InChI is InChI=1S/C34H33FN2O6S/c1-4-6-7-14-42-26-13-8-20(17-27(26)41-5-2)30-29(31(38)21-9-12-25-22(16-21)15-19(3)43-25)32(39)33(40)37(30)34-36-24-11-10-23(35)18-28(24)44-34/h8-13,16-19,30,38H,4-7,14-15H2,1-3H3/b31-29+/t19-,30-/m0/s1. The van der Waals surface area contributed by atoms with Crippen LogP contribution in [0.4, 0.5) is 9.52 Å². The number of benzene rings is 3. The molecule has 0 spiro atoms. The molecule has 3 aromatic carbocycles. The molecule has 0 unspecified atom stereocenters. The summed E-state index contributed by atoms with van der Waals surface area (Å²) in [4.78, 5) is 33.3. The first-order chi connectivity index (χ1) is 21.3. The summed E-state index contributed by atoms with van der Waals surface area (Å²) in [6.07, 6.45) is 3.65. The third-order valence-electron chi connectivity index (χ3n) is 7.75. The zero-order valence-electron chi connectivity index (χ0n) is 24.8. The van der Waals surface area contributed by atoms with Crippen LogP contribution in [0, 0.1) is 5.82 Å². The number of hydrogen-bond donors (Lipinski definition) is 1. The number of halogens is 1. The van der Waals surface area contributed by atoms with Gasteiger partial charge in [-0.15, -0.1) is 0 Å². The molecule has 3 heterocycles. The molecule has 0 saturated carbocycles. The molecule has 4 aromatic rings. The summed E-state index contributed by atoms with van der Waals surface area (Å²) in [6, 6.07) is 13.6. The second-order valence-electron chi connectivity index (χ2n) is 10.9. The maximum atomic E-state index is 14.0. The number of hydrogen-bond acceptors (Lipinski definition) is 8. The minimum Gasteiger partial charge on any atom is -0.507 e. The number of ether oxygens (including phenoxy) is 3. The molecule has 1 fully saturated rings. The van der Waals surface area contributed by atoms with Crippen LogP contribution in [-0.2, 0) is 16.0 Å². The number of carbonyl (C=O) groups excluding carboxylic acids is 2. The number of Topliss-reactive ketones (excluding diaryl/α,β-unsaturated/α-hetero) is 1. The van der Waals surface area contributed by atoms with Crippen LogP contribution in [0.1, 0.15) is 62.8 Å². The van der Waals surface area contributed by atoms with Crippen LogP contribution in [-0.4, -0.2) is 41.1 Å². The third kappa shape index (κ3) is 5.50. The van der Waals surface area contributed by atoms with Crippen LogP contribution in [0.3, 0.4) is 0 Å². The molecular weight excluding hydrogens is 583 g/mol. The fourth-order valence-electron chi connectivity index (χ4n) is 5.68. The van der Waals surface area contributed by atoms with Crippen LogP contribution in [0.5, 0.6) is 17.2 Å². The first kappa shape index (κ1) is 29.6. The van der Waals surface area contributed by atoms with Gasteiger partial charge in [0.05, 0.1) is 35.0 Å². The van der Waals surface area contributed by atoms with Crippen molar-refractivity contribution < 1.29 is 33.3 Å². The summed E-state index contributed by atoms with van der Waals surface area (Å²) in [5.41, 5.74) is 2.25. The lowest BCUT2D eigenvalue weighted by Crippen LogP contribution is -2.29. The Morgan fingerprint density at radius 3 is 2.70 bits per heavy atom. The van der Waals surface area contributed by atoms with E-state index in [1.165, 1.54) is 23.1 Å². The van der Waals surface area contributed by atoms with Gasteiger partial charge in [-0.05, 0) is 79.9 Å². The van der Waals surface area contributed by atoms with Gasteiger partial charge in [-0.2, -0.15) is 0 Å². The third-order valence-corrected chi connectivity index (χ3v) is 8.77. The maximum absolute atomic E-state index is 14.0. The Morgan fingerprint density at radius 1 is 1.07 bits per heavy atom. The number of carbonyl (C=O) groups is 2. The van der Waals surface area contributed by atoms with Crippen molar-refractivity contribution in [1.29, 1.82) is 0 Å². The van der Waals surface area contributed by atoms with Gasteiger partial charge in [0.2, 0.25) is 0 Å². The number of aliphatic hydroxyl groups excluding tert-OH is 1. The Hall–Kier alpha value is -4.44. The molecule has 1 N–H and O–H groups in total. The largest absolute Gasteiger partial charge is 0.507 e. The van der Waals surface area contributed by atoms with Gasteiger partial charge < -0.3 is 19.3 Å². The zero-order valence-corrected chi connectivity index (χ0v) is 25.6. The topological polar surface area (TPSA) is 98.2 Å². The Bertz CT molecular complexity index is 1780. The molecule has 0 aliphatic carbocycles. The smallest absolute Gasteiger partial charge is 0.301 e. The lowest BCUT2D eigenvalue weighted by molar-refractivity contribution is -0.132. The van der Waals surface area contributed by atoms with E-state index < -0.39 is 23.5 Å².